The molecule has 0 aromatic carbocycles. The van der Waals surface area contributed by atoms with Gasteiger partial charge in [-0.1, -0.05) is 0 Å². The molecule has 3 N–H and O–H groups in total. The molecule has 0 amide bonds. The van der Waals surface area contributed by atoms with E-state index >= 15 is 0 Å². The number of carbonyl (C=O) groups is 1. The zero-order valence-corrected chi connectivity index (χ0v) is 5.59. The molecule has 0 aliphatic carbocycles. The molecule has 0 saturated heterocycles. The van der Waals surface area contributed by atoms with Crippen molar-refractivity contribution in [1.29, 1.82) is 0 Å². The van der Waals surface area contributed by atoms with Crippen LogP contribution in [0.25, 0.3) is 0 Å². The van der Waals surface area contributed by atoms with Crippen LogP contribution in [0.4, 0.5) is 9.93 Å². The number of anilines is 1. The van der Waals surface area contributed by atoms with Crippen LogP contribution in [0.5, 0.6) is 5.88 Å². The number of rotatable bonds is 1. The molecule has 0 unspecified atom stereocenters. The van der Waals surface area contributed by atoms with Gasteiger partial charge in [-0.05, 0) is 0 Å². The maximum atomic E-state index is 9.88. The summed E-state index contributed by atoms with van der Waals surface area (Å²) in [6, 6.07) is 0. The second-order valence-electron chi connectivity index (χ2n) is 1.39. The van der Waals surface area contributed by atoms with Gasteiger partial charge in [-0.3, -0.25) is 0 Å². The van der Waals surface area contributed by atoms with E-state index in [2.05, 4.69) is 9.72 Å². The molecule has 0 bridgehead atoms. The first-order valence-electron chi connectivity index (χ1n) is 2.30. The summed E-state index contributed by atoms with van der Waals surface area (Å²) in [5, 5.41) is 9.79. The van der Waals surface area contributed by atoms with Gasteiger partial charge in [0.25, 0.3) is 0 Å². The minimum Gasteiger partial charge on any atom is -0.449 e. The Hall–Kier alpha value is -1.30. The van der Waals surface area contributed by atoms with Gasteiger partial charge in [0.05, 0.1) is 5.38 Å². The van der Waals surface area contributed by atoms with Crippen LogP contribution in [0.15, 0.2) is 5.38 Å². The Balaban J connectivity index is 2.67. The molecule has 1 heterocycles. The summed E-state index contributed by atoms with van der Waals surface area (Å²) in [6.45, 7) is 0. The molecule has 1 rings (SSSR count). The van der Waals surface area contributed by atoms with E-state index in [4.69, 9.17) is 10.8 Å². The first-order valence-corrected chi connectivity index (χ1v) is 3.18. The highest BCUT2D eigenvalue weighted by Gasteiger charge is 2.03. The van der Waals surface area contributed by atoms with Crippen LogP contribution in [0.2, 0.25) is 0 Å². The van der Waals surface area contributed by atoms with Crippen molar-refractivity contribution in [2.75, 3.05) is 5.73 Å². The van der Waals surface area contributed by atoms with E-state index in [9.17, 15) is 4.79 Å². The van der Waals surface area contributed by atoms with Crippen LogP contribution < -0.4 is 10.5 Å². The summed E-state index contributed by atoms with van der Waals surface area (Å²) in [5.74, 6) is 0.0231. The summed E-state index contributed by atoms with van der Waals surface area (Å²) < 4.78 is 4.17. The maximum absolute atomic E-state index is 9.88. The normalized spacial score (nSPS) is 9.20. The fraction of sp³-hybridized carbons (Fsp3) is 0. The Bertz CT molecular complexity index is 246. The number of thiazole rings is 1. The summed E-state index contributed by atoms with van der Waals surface area (Å²) >= 11 is 1.12. The molecule has 10 heavy (non-hydrogen) atoms. The summed E-state index contributed by atoms with van der Waals surface area (Å²) in [6.07, 6.45) is -1.38. The third kappa shape index (κ3) is 1.59. The van der Waals surface area contributed by atoms with Gasteiger partial charge >= 0.3 is 6.16 Å². The van der Waals surface area contributed by atoms with Gasteiger partial charge in [0, 0.05) is 0 Å². The van der Waals surface area contributed by atoms with Gasteiger partial charge in [-0.15, -0.1) is 11.3 Å². The largest absolute Gasteiger partial charge is 0.512 e. The highest BCUT2D eigenvalue weighted by molar-refractivity contribution is 7.13. The molecular formula is C4H4N2O3S. The molecule has 0 atom stereocenters. The first kappa shape index (κ1) is 6.81. The molecule has 0 saturated carbocycles. The highest BCUT2D eigenvalue weighted by atomic mass is 32.1. The third-order valence-electron chi connectivity index (χ3n) is 0.693. The van der Waals surface area contributed by atoms with Gasteiger partial charge < -0.3 is 15.6 Å². The Morgan fingerprint density at radius 3 is 3.00 bits per heavy atom. The average Bonchev–Trinajstić information content (AvgIpc) is 2.13. The van der Waals surface area contributed by atoms with Crippen molar-refractivity contribution >= 4 is 22.6 Å². The monoisotopic (exact) mass is 160 g/mol. The zero-order chi connectivity index (χ0) is 7.56. The molecular weight excluding hydrogens is 156 g/mol. The molecule has 0 fully saturated rings. The van der Waals surface area contributed by atoms with Crippen molar-refractivity contribution in [3.63, 3.8) is 0 Å². The van der Waals surface area contributed by atoms with Crippen molar-refractivity contribution < 1.29 is 14.6 Å². The van der Waals surface area contributed by atoms with Gasteiger partial charge in [0.1, 0.15) is 0 Å². The lowest BCUT2D eigenvalue weighted by molar-refractivity contribution is 0.143. The van der Waals surface area contributed by atoms with E-state index in [-0.39, 0.29) is 11.0 Å². The molecule has 0 aliphatic rings. The first-order chi connectivity index (χ1) is 4.68. The predicted octanol–water partition coefficient (Wildman–Crippen LogP) is 0.782. The van der Waals surface area contributed by atoms with Crippen molar-refractivity contribution in [3.8, 4) is 5.88 Å². The fourth-order valence-corrected chi connectivity index (χ4v) is 0.873. The Morgan fingerprint density at radius 2 is 2.60 bits per heavy atom. The molecule has 0 spiro atoms. The molecule has 0 radical (unpaired) electrons. The van der Waals surface area contributed by atoms with E-state index in [1.54, 1.807) is 0 Å². The number of nitrogens with two attached hydrogens (primary N) is 1. The third-order valence-corrected chi connectivity index (χ3v) is 1.35. The lowest BCUT2D eigenvalue weighted by Gasteiger charge is -1.89. The van der Waals surface area contributed by atoms with Crippen LogP contribution in [0.1, 0.15) is 0 Å². The smallest absolute Gasteiger partial charge is 0.449 e. The molecule has 0 aliphatic heterocycles. The highest BCUT2D eigenvalue weighted by Crippen LogP contribution is 2.17. The van der Waals surface area contributed by atoms with Crippen LogP contribution in [0, 0.1) is 0 Å². The SMILES string of the molecule is Nc1nc(OC(=O)O)cs1. The second kappa shape index (κ2) is 2.53. The van der Waals surface area contributed by atoms with Gasteiger partial charge in [0.15, 0.2) is 5.13 Å². The molecule has 54 valence electrons. The Morgan fingerprint density at radius 1 is 1.90 bits per heavy atom. The van der Waals surface area contributed by atoms with Gasteiger partial charge in [-0.25, -0.2) is 4.79 Å². The van der Waals surface area contributed by atoms with Crippen molar-refractivity contribution in [2.24, 2.45) is 0 Å². The number of aromatic nitrogens is 1. The van der Waals surface area contributed by atoms with E-state index in [1.165, 1.54) is 5.38 Å². The minimum atomic E-state index is -1.38. The van der Waals surface area contributed by atoms with Crippen LogP contribution in [-0.2, 0) is 0 Å². The molecule has 1 aromatic rings. The van der Waals surface area contributed by atoms with Gasteiger partial charge in [0.2, 0.25) is 5.88 Å². The van der Waals surface area contributed by atoms with Gasteiger partial charge in [-0.2, -0.15) is 4.98 Å². The van der Waals surface area contributed by atoms with E-state index in [0.29, 0.717) is 0 Å². The number of hydrogen-bond acceptors (Lipinski definition) is 5. The van der Waals surface area contributed by atoms with Crippen LogP contribution in [0.3, 0.4) is 0 Å². The lowest BCUT2D eigenvalue weighted by Crippen LogP contribution is -2.02. The summed E-state index contributed by atoms with van der Waals surface area (Å²) in [7, 11) is 0. The topological polar surface area (TPSA) is 85.4 Å². The minimum absolute atomic E-state index is 0.0231. The molecule has 6 heteroatoms. The fourth-order valence-electron chi connectivity index (χ4n) is 0.408. The van der Waals surface area contributed by atoms with E-state index in [1.807, 2.05) is 0 Å². The van der Waals surface area contributed by atoms with Crippen molar-refractivity contribution in [1.82, 2.24) is 4.98 Å². The maximum Gasteiger partial charge on any atom is 0.512 e. The lowest BCUT2D eigenvalue weighted by atomic mass is 10.9. The standard InChI is InChI=1S/C4H4N2O3S/c5-3-6-2(1-10-3)9-4(7)8/h1H,(H2,5,6)(H,7,8). The van der Waals surface area contributed by atoms with E-state index in [0.717, 1.165) is 11.3 Å². The Labute approximate surface area is 60.1 Å². The number of nitrogens with zero attached hydrogens (tertiary/aromatic N) is 1. The van der Waals surface area contributed by atoms with Crippen molar-refractivity contribution in [2.45, 2.75) is 0 Å². The summed E-state index contributed by atoms with van der Waals surface area (Å²) in [5.41, 5.74) is 5.19. The van der Waals surface area contributed by atoms with Crippen molar-refractivity contribution in [3.05, 3.63) is 5.38 Å². The number of nitrogen functional groups attached to an aromatic ring is 1. The van der Waals surface area contributed by atoms with Crippen LogP contribution in [-0.4, -0.2) is 16.2 Å². The Kier molecular flexibility index (Phi) is 1.72. The second-order valence-corrected chi connectivity index (χ2v) is 2.28. The number of hydrogen-bond donors (Lipinski definition) is 2. The summed E-state index contributed by atoms with van der Waals surface area (Å²) in [4.78, 5) is 13.4. The number of carboxylic acid groups (broad SMARTS) is 1. The zero-order valence-electron chi connectivity index (χ0n) is 4.77. The molecule has 5 nitrogen and oxygen atoms in total. The quantitative estimate of drug-likeness (QED) is 0.593. The van der Waals surface area contributed by atoms with Crippen LogP contribution >= 0.6 is 11.3 Å². The predicted molar refractivity (Wildman–Crippen MR) is 35.2 cm³/mol. The molecule has 1 aromatic heterocycles. The van der Waals surface area contributed by atoms with E-state index < -0.39 is 6.16 Å². The average molecular weight is 160 g/mol. The number of ether oxygens (including phenoxy) is 1.